The minimum absolute atomic E-state index is 0.0603. The molecule has 0 aliphatic carbocycles. The molecular formula is C15H19ClN2O5S. The molecule has 2 rings (SSSR count). The Morgan fingerprint density at radius 2 is 2.33 bits per heavy atom. The molecule has 1 atom stereocenters. The molecule has 24 heavy (non-hydrogen) atoms. The fourth-order valence-electron chi connectivity index (χ4n) is 2.31. The van der Waals surface area contributed by atoms with Crippen LogP contribution in [0.5, 0.6) is 5.75 Å². The maximum atomic E-state index is 12.7. The maximum Gasteiger partial charge on any atom is 0.257 e. The monoisotopic (exact) mass is 374 g/mol. The van der Waals surface area contributed by atoms with Gasteiger partial charge in [-0.3, -0.25) is 4.79 Å². The molecule has 1 heterocycles. The van der Waals surface area contributed by atoms with E-state index in [1.165, 1.54) is 7.11 Å². The molecule has 7 nitrogen and oxygen atoms in total. The lowest BCUT2D eigenvalue weighted by Crippen LogP contribution is -2.49. The fraction of sp³-hybridized carbons (Fsp3) is 0.400. The highest BCUT2D eigenvalue weighted by molar-refractivity contribution is 7.92. The Labute approximate surface area is 146 Å². The first-order chi connectivity index (χ1) is 11.4. The number of benzene rings is 1. The van der Waals surface area contributed by atoms with Gasteiger partial charge in [0.25, 0.3) is 5.91 Å². The first-order valence-electron chi connectivity index (χ1n) is 7.23. The average Bonchev–Trinajstić information content (AvgIpc) is 2.59. The van der Waals surface area contributed by atoms with Gasteiger partial charge in [-0.1, -0.05) is 18.2 Å². The van der Waals surface area contributed by atoms with E-state index in [1.54, 1.807) is 23.1 Å². The molecule has 1 aromatic rings. The van der Waals surface area contributed by atoms with Crippen molar-refractivity contribution in [3.63, 3.8) is 0 Å². The van der Waals surface area contributed by atoms with Crippen LogP contribution in [0, 0.1) is 0 Å². The number of carbonyl (C=O) groups excluding carboxylic acids is 1. The highest BCUT2D eigenvalue weighted by Crippen LogP contribution is 2.24. The van der Waals surface area contributed by atoms with Crippen LogP contribution < -0.4 is 9.46 Å². The van der Waals surface area contributed by atoms with Crippen molar-refractivity contribution >= 4 is 27.5 Å². The third kappa shape index (κ3) is 4.70. The highest BCUT2D eigenvalue weighted by Gasteiger charge is 2.27. The van der Waals surface area contributed by atoms with Crippen molar-refractivity contribution in [2.45, 2.75) is 6.10 Å². The third-order valence-corrected chi connectivity index (χ3v) is 4.79. The predicted molar refractivity (Wildman–Crippen MR) is 90.8 cm³/mol. The number of methoxy groups -OCH3 is 1. The Morgan fingerprint density at radius 3 is 3.00 bits per heavy atom. The zero-order valence-corrected chi connectivity index (χ0v) is 14.8. The first-order valence-corrected chi connectivity index (χ1v) is 9.15. The Bertz CT molecular complexity index is 723. The first kappa shape index (κ1) is 18.7. The van der Waals surface area contributed by atoms with E-state index >= 15 is 0 Å². The molecule has 0 saturated carbocycles. The Morgan fingerprint density at radius 1 is 1.58 bits per heavy atom. The molecule has 132 valence electrons. The maximum absolute atomic E-state index is 12.7. The fourth-order valence-corrected chi connectivity index (χ4v) is 3.02. The Balaban J connectivity index is 2.08. The molecule has 1 fully saturated rings. The standard InChI is InChI=1S/C15H19ClN2O5S/c1-3-24(20,21)17-9-12-10-18(6-7-23-12)15(19)13-8-11(16)4-5-14(13)22-2/h3-5,8,12,17H,1,6-7,9-10H2,2H3/t12-/m1/s1. The van der Waals surface area contributed by atoms with Gasteiger partial charge in [0.1, 0.15) is 5.75 Å². The lowest BCUT2D eigenvalue weighted by Gasteiger charge is -2.33. The summed E-state index contributed by atoms with van der Waals surface area (Å²) in [6, 6.07) is 4.82. The number of nitrogens with zero attached hydrogens (tertiary/aromatic N) is 1. The molecule has 1 amide bonds. The van der Waals surface area contributed by atoms with E-state index in [4.69, 9.17) is 21.1 Å². The summed E-state index contributed by atoms with van der Waals surface area (Å²) in [6.07, 6.45) is -0.442. The van der Waals surface area contributed by atoms with Gasteiger partial charge in [-0.25, -0.2) is 13.1 Å². The summed E-state index contributed by atoms with van der Waals surface area (Å²) in [5.74, 6) is 0.189. The summed E-state index contributed by atoms with van der Waals surface area (Å²) >= 11 is 5.96. The van der Waals surface area contributed by atoms with Gasteiger partial charge in [0.2, 0.25) is 10.0 Å². The molecule has 1 N–H and O–H groups in total. The van der Waals surface area contributed by atoms with Crippen LogP contribution in [-0.4, -0.2) is 58.7 Å². The minimum Gasteiger partial charge on any atom is -0.496 e. The topological polar surface area (TPSA) is 84.9 Å². The number of hydrogen-bond donors (Lipinski definition) is 1. The van der Waals surface area contributed by atoms with Crippen molar-refractivity contribution in [2.24, 2.45) is 0 Å². The number of sulfonamides is 1. The molecule has 1 aromatic carbocycles. The highest BCUT2D eigenvalue weighted by atomic mass is 35.5. The molecule has 1 aliphatic rings. The molecule has 0 unspecified atom stereocenters. The van der Waals surface area contributed by atoms with E-state index in [9.17, 15) is 13.2 Å². The molecule has 0 bridgehead atoms. The number of ether oxygens (including phenoxy) is 2. The van der Waals surface area contributed by atoms with Crippen molar-refractivity contribution in [3.8, 4) is 5.75 Å². The molecule has 1 saturated heterocycles. The lowest BCUT2D eigenvalue weighted by atomic mass is 10.1. The number of carbonyl (C=O) groups is 1. The second kappa shape index (κ2) is 7.98. The Hall–Kier alpha value is -1.61. The van der Waals surface area contributed by atoms with Crippen LogP contribution in [0.15, 0.2) is 30.2 Å². The van der Waals surface area contributed by atoms with Gasteiger partial charge in [-0.15, -0.1) is 0 Å². The molecule has 0 radical (unpaired) electrons. The zero-order valence-electron chi connectivity index (χ0n) is 13.2. The van der Waals surface area contributed by atoms with Gasteiger partial charge < -0.3 is 14.4 Å². The van der Waals surface area contributed by atoms with E-state index in [0.717, 1.165) is 5.41 Å². The average molecular weight is 375 g/mol. The predicted octanol–water partition coefficient (Wildman–Crippen LogP) is 1.25. The third-order valence-electron chi connectivity index (χ3n) is 3.55. The quantitative estimate of drug-likeness (QED) is 0.810. The second-order valence-corrected chi connectivity index (χ2v) is 7.30. The van der Waals surface area contributed by atoms with Crippen molar-refractivity contribution in [1.82, 2.24) is 9.62 Å². The number of nitrogens with one attached hydrogen (secondary N) is 1. The van der Waals surface area contributed by atoms with E-state index in [1.807, 2.05) is 0 Å². The van der Waals surface area contributed by atoms with Crippen molar-refractivity contribution in [3.05, 3.63) is 40.8 Å². The molecule has 0 spiro atoms. The summed E-state index contributed by atoms with van der Waals surface area (Å²) in [4.78, 5) is 14.3. The zero-order chi connectivity index (χ0) is 17.7. The van der Waals surface area contributed by atoms with Gasteiger partial charge in [0.15, 0.2) is 0 Å². The summed E-state index contributed by atoms with van der Waals surface area (Å²) in [5.41, 5.74) is 0.359. The van der Waals surface area contributed by atoms with Crippen LogP contribution in [0.4, 0.5) is 0 Å². The number of halogens is 1. The van der Waals surface area contributed by atoms with Crippen molar-refractivity contribution < 1.29 is 22.7 Å². The summed E-state index contributed by atoms with van der Waals surface area (Å²) in [5, 5.41) is 1.26. The number of hydrogen-bond acceptors (Lipinski definition) is 5. The van der Waals surface area contributed by atoms with Gasteiger partial charge in [-0.2, -0.15) is 0 Å². The summed E-state index contributed by atoms with van der Waals surface area (Å²) in [7, 11) is -2.05. The van der Waals surface area contributed by atoms with Crippen molar-refractivity contribution in [2.75, 3.05) is 33.4 Å². The van der Waals surface area contributed by atoms with Crippen LogP contribution in [0.3, 0.4) is 0 Å². The van der Waals surface area contributed by atoms with Crippen LogP contribution in [-0.2, 0) is 14.8 Å². The summed E-state index contributed by atoms with van der Waals surface area (Å²) < 4.78 is 35.9. The van der Waals surface area contributed by atoms with Gasteiger partial charge >= 0.3 is 0 Å². The van der Waals surface area contributed by atoms with Gasteiger partial charge in [-0.05, 0) is 18.2 Å². The largest absolute Gasteiger partial charge is 0.496 e. The van der Waals surface area contributed by atoms with E-state index in [0.29, 0.717) is 29.5 Å². The van der Waals surface area contributed by atoms with E-state index in [2.05, 4.69) is 11.3 Å². The lowest BCUT2D eigenvalue weighted by molar-refractivity contribution is -0.0183. The molecule has 0 aromatic heterocycles. The van der Waals surface area contributed by atoms with Crippen molar-refractivity contribution in [1.29, 1.82) is 0 Å². The van der Waals surface area contributed by atoms with Crippen LogP contribution >= 0.6 is 11.6 Å². The Kier molecular flexibility index (Phi) is 6.22. The molecule has 1 aliphatic heterocycles. The summed E-state index contributed by atoms with van der Waals surface area (Å²) in [6.45, 7) is 4.26. The second-order valence-electron chi connectivity index (χ2n) is 5.15. The number of amides is 1. The van der Waals surface area contributed by atoms with E-state index < -0.39 is 16.1 Å². The normalized spacial score (nSPS) is 18.2. The SMILES string of the molecule is C=CS(=O)(=O)NC[C@@H]1CN(C(=O)c2cc(Cl)ccc2OC)CCO1. The minimum atomic E-state index is -3.53. The van der Waals surface area contributed by atoms with Crippen LogP contribution in [0.1, 0.15) is 10.4 Å². The van der Waals surface area contributed by atoms with Crippen LogP contribution in [0.2, 0.25) is 5.02 Å². The van der Waals surface area contributed by atoms with Gasteiger partial charge in [0.05, 0.1) is 25.4 Å². The molecular weight excluding hydrogens is 356 g/mol. The number of rotatable bonds is 6. The van der Waals surface area contributed by atoms with Crippen LogP contribution in [0.25, 0.3) is 0 Å². The number of morpholine rings is 1. The smallest absolute Gasteiger partial charge is 0.257 e. The van der Waals surface area contributed by atoms with Gasteiger partial charge in [0, 0.05) is 30.1 Å². The van der Waals surface area contributed by atoms with E-state index in [-0.39, 0.29) is 19.0 Å². The molecule has 9 heteroatoms.